The van der Waals surface area contributed by atoms with Crippen molar-refractivity contribution in [2.24, 2.45) is 0 Å². The van der Waals surface area contributed by atoms with Crippen LogP contribution in [0.25, 0.3) is 5.65 Å². The number of aromatic nitrogens is 2. The number of fused-ring (bicyclic) bond motifs is 1. The number of pyridine rings is 1. The highest BCUT2D eigenvalue weighted by Gasteiger charge is 2.22. The summed E-state index contributed by atoms with van der Waals surface area (Å²) in [7, 11) is 0. The minimum Gasteiger partial charge on any atom is -0.395 e. The number of aryl methyl sites for hydroxylation is 1. The number of hydrogen-bond acceptors (Lipinski definition) is 4. The van der Waals surface area contributed by atoms with Gasteiger partial charge in [0.2, 0.25) is 0 Å². The zero-order valence-electron chi connectivity index (χ0n) is 13.6. The maximum Gasteiger partial charge on any atom is 0.137 e. The number of aliphatic hydroxyl groups is 1. The summed E-state index contributed by atoms with van der Waals surface area (Å²) < 4.78 is 2.16. The molecule has 1 fully saturated rings. The molecule has 0 aromatic carbocycles. The molecule has 1 saturated heterocycles. The molecule has 3 rings (SSSR count). The van der Waals surface area contributed by atoms with E-state index in [1.54, 1.807) is 0 Å². The quantitative estimate of drug-likeness (QED) is 0.910. The molecule has 1 unspecified atom stereocenters. The third-order valence-corrected chi connectivity index (χ3v) is 4.74. The fraction of sp³-hybridized carbons (Fsp3) is 0.588. The lowest BCUT2D eigenvalue weighted by Crippen LogP contribution is -2.50. The Bertz CT molecular complexity index is 612. The molecule has 1 aliphatic heterocycles. The van der Waals surface area contributed by atoms with Gasteiger partial charge < -0.3 is 9.51 Å². The molecule has 2 aromatic rings. The molecule has 120 valence electrons. The minimum atomic E-state index is 0.266. The van der Waals surface area contributed by atoms with Crippen molar-refractivity contribution in [1.82, 2.24) is 19.2 Å². The predicted octanol–water partition coefficient (Wildman–Crippen LogP) is 1.53. The van der Waals surface area contributed by atoms with E-state index in [0.29, 0.717) is 6.04 Å². The van der Waals surface area contributed by atoms with Gasteiger partial charge in [-0.15, -0.1) is 0 Å². The molecule has 0 radical (unpaired) electrons. The van der Waals surface area contributed by atoms with Crippen molar-refractivity contribution in [3.8, 4) is 0 Å². The Labute approximate surface area is 132 Å². The molecule has 1 N–H and O–H groups in total. The second kappa shape index (κ2) is 6.77. The Kier molecular flexibility index (Phi) is 4.76. The zero-order valence-corrected chi connectivity index (χ0v) is 13.6. The van der Waals surface area contributed by atoms with Crippen molar-refractivity contribution < 1.29 is 5.11 Å². The summed E-state index contributed by atoms with van der Waals surface area (Å²) in [6.07, 6.45) is 3.17. The van der Waals surface area contributed by atoms with Gasteiger partial charge in [-0.1, -0.05) is 13.0 Å². The van der Waals surface area contributed by atoms with E-state index in [4.69, 9.17) is 4.98 Å². The Balaban J connectivity index is 1.61. The van der Waals surface area contributed by atoms with E-state index in [0.717, 1.165) is 50.5 Å². The van der Waals surface area contributed by atoms with Crippen molar-refractivity contribution in [2.75, 3.05) is 32.8 Å². The van der Waals surface area contributed by atoms with Gasteiger partial charge in [0.25, 0.3) is 0 Å². The lowest BCUT2D eigenvalue weighted by molar-refractivity contribution is 0.0604. The van der Waals surface area contributed by atoms with Crippen molar-refractivity contribution in [1.29, 1.82) is 0 Å². The van der Waals surface area contributed by atoms with Gasteiger partial charge in [0.1, 0.15) is 5.65 Å². The molecule has 3 heterocycles. The molecule has 5 heteroatoms. The van der Waals surface area contributed by atoms with Gasteiger partial charge in [-0.05, 0) is 25.5 Å². The van der Waals surface area contributed by atoms with Crippen LogP contribution in [0.1, 0.15) is 24.7 Å². The molecule has 0 spiro atoms. The third kappa shape index (κ3) is 3.16. The van der Waals surface area contributed by atoms with Crippen molar-refractivity contribution in [3.63, 3.8) is 0 Å². The summed E-state index contributed by atoms with van der Waals surface area (Å²) in [5, 5.41) is 9.42. The fourth-order valence-electron chi connectivity index (χ4n) is 3.29. The van der Waals surface area contributed by atoms with E-state index >= 15 is 0 Å². The van der Waals surface area contributed by atoms with Crippen LogP contribution in [0.2, 0.25) is 0 Å². The van der Waals surface area contributed by atoms with E-state index in [9.17, 15) is 5.11 Å². The highest BCUT2D eigenvalue weighted by molar-refractivity contribution is 5.41. The molecule has 2 aromatic heterocycles. The van der Waals surface area contributed by atoms with Crippen LogP contribution < -0.4 is 0 Å². The number of hydrogen-bond donors (Lipinski definition) is 1. The van der Waals surface area contributed by atoms with Gasteiger partial charge in [-0.2, -0.15) is 0 Å². The van der Waals surface area contributed by atoms with E-state index in [1.807, 2.05) is 0 Å². The predicted molar refractivity (Wildman–Crippen MR) is 87.9 cm³/mol. The molecular formula is C17H26N4O. The van der Waals surface area contributed by atoms with Crippen LogP contribution in [-0.2, 0) is 6.54 Å². The molecule has 0 aliphatic carbocycles. The van der Waals surface area contributed by atoms with Crippen LogP contribution in [0.4, 0.5) is 0 Å². The van der Waals surface area contributed by atoms with E-state index < -0.39 is 0 Å². The van der Waals surface area contributed by atoms with Crippen LogP contribution in [0.15, 0.2) is 24.4 Å². The highest BCUT2D eigenvalue weighted by Crippen LogP contribution is 2.13. The summed E-state index contributed by atoms with van der Waals surface area (Å²) >= 11 is 0. The van der Waals surface area contributed by atoms with E-state index in [-0.39, 0.29) is 6.61 Å². The van der Waals surface area contributed by atoms with Gasteiger partial charge in [0.15, 0.2) is 0 Å². The monoisotopic (exact) mass is 302 g/mol. The van der Waals surface area contributed by atoms with Gasteiger partial charge >= 0.3 is 0 Å². The van der Waals surface area contributed by atoms with Gasteiger partial charge in [0, 0.05) is 50.7 Å². The SMILES string of the molecule is CCC(CO)N1CCN(Cc2cn3c(C)cccc3n2)CC1. The van der Waals surface area contributed by atoms with Gasteiger partial charge in [-0.25, -0.2) is 4.98 Å². The molecule has 5 nitrogen and oxygen atoms in total. The first-order chi connectivity index (χ1) is 10.7. The maximum atomic E-state index is 9.42. The van der Waals surface area contributed by atoms with Crippen LogP contribution in [0.3, 0.4) is 0 Å². The first-order valence-corrected chi connectivity index (χ1v) is 8.22. The molecular weight excluding hydrogens is 276 g/mol. The van der Waals surface area contributed by atoms with Crippen LogP contribution in [0, 0.1) is 6.92 Å². The van der Waals surface area contributed by atoms with Gasteiger partial charge in [0.05, 0.1) is 12.3 Å². The summed E-state index contributed by atoms with van der Waals surface area (Å²) in [6, 6.07) is 6.54. The number of aliphatic hydroxyl groups excluding tert-OH is 1. The van der Waals surface area contributed by atoms with Crippen LogP contribution in [0.5, 0.6) is 0 Å². The average molecular weight is 302 g/mol. The summed E-state index contributed by atoms with van der Waals surface area (Å²) in [6.45, 7) is 9.58. The number of imidazole rings is 1. The molecule has 0 saturated carbocycles. The van der Waals surface area contributed by atoms with Crippen molar-refractivity contribution in [3.05, 3.63) is 35.8 Å². The molecule has 22 heavy (non-hydrogen) atoms. The number of nitrogens with zero attached hydrogens (tertiary/aromatic N) is 4. The largest absolute Gasteiger partial charge is 0.395 e. The Morgan fingerprint density at radius 3 is 2.64 bits per heavy atom. The second-order valence-corrected chi connectivity index (χ2v) is 6.18. The Morgan fingerprint density at radius 1 is 1.23 bits per heavy atom. The molecule has 1 aliphatic rings. The normalized spacial score (nSPS) is 18.9. The molecule has 0 amide bonds. The fourth-order valence-corrected chi connectivity index (χ4v) is 3.29. The van der Waals surface area contributed by atoms with Crippen molar-refractivity contribution in [2.45, 2.75) is 32.9 Å². The average Bonchev–Trinajstić information content (AvgIpc) is 2.94. The minimum absolute atomic E-state index is 0.266. The Morgan fingerprint density at radius 2 is 2.00 bits per heavy atom. The third-order valence-electron chi connectivity index (χ3n) is 4.74. The highest BCUT2D eigenvalue weighted by atomic mass is 16.3. The van der Waals surface area contributed by atoms with E-state index in [1.165, 1.54) is 5.69 Å². The van der Waals surface area contributed by atoms with E-state index in [2.05, 4.69) is 52.4 Å². The lowest BCUT2D eigenvalue weighted by atomic mass is 10.1. The van der Waals surface area contributed by atoms with Crippen molar-refractivity contribution >= 4 is 5.65 Å². The number of rotatable bonds is 5. The first-order valence-electron chi connectivity index (χ1n) is 8.22. The first kappa shape index (κ1) is 15.5. The molecule has 0 bridgehead atoms. The lowest BCUT2D eigenvalue weighted by Gasteiger charge is -2.38. The Hall–Kier alpha value is -1.43. The zero-order chi connectivity index (χ0) is 15.5. The standard InChI is InChI=1S/C17H26N4O/c1-3-16(13-22)20-9-7-19(8-10-20)11-15-12-21-14(2)5-4-6-17(21)18-15/h4-6,12,16,22H,3,7-11,13H2,1-2H3. The smallest absolute Gasteiger partial charge is 0.137 e. The van der Waals surface area contributed by atoms with Crippen LogP contribution in [-0.4, -0.2) is 63.1 Å². The molecule has 1 atom stereocenters. The van der Waals surface area contributed by atoms with Gasteiger partial charge in [-0.3, -0.25) is 9.80 Å². The number of piperazine rings is 1. The summed E-state index contributed by atoms with van der Waals surface area (Å²) in [4.78, 5) is 9.58. The summed E-state index contributed by atoms with van der Waals surface area (Å²) in [5.41, 5.74) is 3.38. The topological polar surface area (TPSA) is 44.0 Å². The van der Waals surface area contributed by atoms with Crippen LogP contribution >= 0.6 is 0 Å². The second-order valence-electron chi connectivity index (χ2n) is 6.18. The summed E-state index contributed by atoms with van der Waals surface area (Å²) in [5.74, 6) is 0. The maximum absolute atomic E-state index is 9.42.